The fourth-order valence-corrected chi connectivity index (χ4v) is 18.3. The maximum Gasteiger partial charge on any atom is 0.264 e. The van der Waals surface area contributed by atoms with Crippen molar-refractivity contribution in [3.8, 4) is 72.4 Å². The first-order chi connectivity index (χ1) is 52.3. The SMILES string of the molecule is [2H]c1c([2H])c(-n2c3ccccc3c3ccccc32)c([2H])c2c1B1c3sc4cc(C(C)(C)C)ccc4c3N(c3c(-c4ccccc4)cc(C(C)(C)C)cc3-c3ccccc3)c3cc(-c4c5ccccc5c(-c5ccccc5)c5ccccc45)cc(c31)N2c1c(-c2ccccc2)cc(C(C)(C)C)cc1-c1ccccc1. The van der Waals surface area contributed by atoms with Gasteiger partial charge in [-0.05, 0) is 177 Å². The highest BCUT2D eigenvalue weighted by Crippen LogP contribution is 2.58. The Labute approximate surface area is 624 Å². The number of para-hydroxylation sites is 2. The van der Waals surface area contributed by atoms with E-state index in [4.69, 9.17) is 0 Å². The monoisotopic (exact) mass is 1370 g/mol. The molecule has 105 heavy (non-hydrogen) atoms. The van der Waals surface area contributed by atoms with Crippen molar-refractivity contribution < 1.29 is 4.11 Å². The molecule has 2 aliphatic rings. The Hall–Kier alpha value is -11.8. The van der Waals surface area contributed by atoms with Crippen LogP contribution in [0.4, 0.5) is 34.1 Å². The predicted octanol–water partition coefficient (Wildman–Crippen LogP) is 26.3. The van der Waals surface area contributed by atoms with Gasteiger partial charge in [0.05, 0.1) is 32.2 Å². The highest BCUT2D eigenvalue weighted by molar-refractivity contribution is 7.33. The van der Waals surface area contributed by atoms with Crippen LogP contribution >= 0.6 is 11.3 Å². The first-order valence-electron chi connectivity index (χ1n) is 38.4. The van der Waals surface area contributed by atoms with E-state index in [-0.39, 0.29) is 34.4 Å². The van der Waals surface area contributed by atoms with Gasteiger partial charge in [-0.3, -0.25) is 0 Å². The van der Waals surface area contributed by atoms with Gasteiger partial charge in [-0.2, -0.15) is 0 Å². The maximum absolute atomic E-state index is 11.9. The zero-order chi connectivity index (χ0) is 73.8. The lowest BCUT2D eigenvalue weighted by Crippen LogP contribution is -2.60. The van der Waals surface area contributed by atoms with Crippen molar-refractivity contribution in [1.82, 2.24) is 4.57 Å². The zero-order valence-electron chi connectivity index (χ0n) is 63.7. The van der Waals surface area contributed by atoms with Gasteiger partial charge >= 0.3 is 0 Å². The minimum Gasteiger partial charge on any atom is -0.310 e. The number of rotatable bonds is 9. The van der Waals surface area contributed by atoms with Crippen molar-refractivity contribution in [2.45, 2.75) is 78.6 Å². The molecular weight excluding hydrogens is 1290 g/mol. The number of aromatic nitrogens is 1. The lowest BCUT2D eigenvalue weighted by Gasteiger charge is -2.45. The highest BCUT2D eigenvalue weighted by Gasteiger charge is 2.48. The summed E-state index contributed by atoms with van der Waals surface area (Å²) in [6.45, 7) is 20.1. The van der Waals surface area contributed by atoms with Gasteiger partial charge in [0.15, 0.2) is 0 Å². The van der Waals surface area contributed by atoms with E-state index in [1.807, 2.05) is 0 Å². The Kier molecular flexibility index (Phi) is 14.2. The van der Waals surface area contributed by atoms with E-state index < -0.39 is 6.71 Å². The Bertz CT molecular complexity index is 6290. The molecule has 0 fully saturated rings. The molecule has 0 radical (unpaired) electrons. The molecule has 15 aromatic carbocycles. The molecule has 19 rings (SSSR count). The molecule has 0 bridgehead atoms. The van der Waals surface area contributed by atoms with Crippen LogP contribution in [0.25, 0.3) is 126 Å². The largest absolute Gasteiger partial charge is 0.310 e. The second kappa shape index (κ2) is 24.4. The molecule has 0 amide bonds. The molecule has 4 heterocycles. The fraction of sp³-hybridized carbons (Fsp3) is 0.120. The van der Waals surface area contributed by atoms with Gasteiger partial charge < -0.3 is 14.4 Å². The number of hydrogen-bond acceptors (Lipinski definition) is 3. The molecule has 17 aromatic rings. The molecule has 0 saturated heterocycles. The topological polar surface area (TPSA) is 11.4 Å². The first-order valence-corrected chi connectivity index (χ1v) is 37.7. The summed E-state index contributed by atoms with van der Waals surface area (Å²) in [5, 5.41) is 7.60. The average Bonchev–Trinajstić information content (AvgIpc) is 1.17. The van der Waals surface area contributed by atoms with Crippen LogP contribution in [-0.4, -0.2) is 11.3 Å². The minimum absolute atomic E-state index is 0.00600. The van der Waals surface area contributed by atoms with Crippen molar-refractivity contribution >= 4 is 121 Å². The second-order valence-electron chi connectivity index (χ2n) is 31.7. The smallest absolute Gasteiger partial charge is 0.264 e. The van der Waals surface area contributed by atoms with E-state index in [0.717, 1.165) is 159 Å². The van der Waals surface area contributed by atoms with Gasteiger partial charge in [0.2, 0.25) is 0 Å². The van der Waals surface area contributed by atoms with Crippen molar-refractivity contribution in [3.63, 3.8) is 0 Å². The lowest BCUT2D eigenvalue weighted by atomic mass is 9.36. The predicted molar refractivity (Wildman–Crippen MR) is 454 cm³/mol. The summed E-state index contributed by atoms with van der Waals surface area (Å²) < 4.78 is 38.7. The number of hydrogen-bond donors (Lipinski definition) is 0. The van der Waals surface area contributed by atoms with Crippen LogP contribution in [0.3, 0.4) is 0 Å². The minimum atomic E-state index is -0.678. The highest BCUT2D eigenvalue weighted by atomic mass is 32.1. The molecule has 0 unspecified atom stereocenters. The van der Waals surface area contributed by atoms with E-state index in [1.54, 1.807) is 11.3 Å². The zero-order valence-corrected chi connectivity index (χ0v) is 61.5. The quantitative estimate of drug-likeness (QED) is 0.105. The van der Waals surface area contributed by atoms with E-state index in [2.05, 4.69) is 380 Å². The number of nitrogens with zero attached hydrogens (tertiary/aromatic N) is 3. The van der Waals surface area contributed by atoms with Crippen molar-refractivity contribution in [3.05, 3.63) is 338 Å². The molecule has 2 aromatic heterocycles. The standard InChI is InChI=1S/C100H80BN3S/c1-98(2,3)69-51-53-79-90(61-69)105-97-96(79)104(95-82(65-37-19-12-20-38-65)59-71(100(7,8)9)60-83(95)66-39-21-13-22-40-66)89-56-68(92-77-47-27-25-45-75(77)91(67-41-23-14-24-42-67)76-46-26-28-48-78(76)92)55-88-93(89)101(97)84-54-52-72(102-85-49-31-29-43-73(85)74-44-30-32-50-86(74)102)62-87(84)103(88)94-80(63-33-15-10-16-34-63)57-70(99(4,5)6)58-81(94)64-35-17-11-18-36-64/h10-62H,1-9H3/i52D,54D,62D. The lowest BCUT2D eigenvalue weighted by molar-refractivity contribution is 0.590. The number of benzene rings is 15. The van der Waals surface area contributed by atoms with Crippen LogP contribution in [0.1, 0.15) is 83.1 Å². The van der Waals surface area contributed by atoms with Crippen LogP contribution < -0.4 is 25.5 Å². The fourth-order valence-electron chi connectivity index (χ4n) is 16.9. The molecule has 5 heteroatoms. The third-order valence-corrected chi connectivity index (χ3v) is 23.3. The third kappa shape index (κ3) is 10.4. The number of thiophene rings is 1. The molecule has 0 aliphatic carbocycles. The van der Waals surface area contributed by atoms with E-state index in [1.165, 1.54) is 16.7 Å². The number of anilines is 6. The van der Waals surface area contributed by atoms with E-state index >= 15 is 0 Å². The van der Waals surface area contributed by atoms with Crippen LogP contribution in [0.5, 0.6) is 0 Å². The Morgan fingerprint density at radius 2 is 0.686 bits per heavy atom. The van der Waals surface area contributed by atoms with Crippen LogP contribution in [0.2, 0.25) is 0 Å². The van der Waals surface area contributed by atoms with E-state index in [0.29, 0.717) is 16.8 Å². The van der Waals surface area contributed by atoms with Crippen molar-refractivity contribution in [2.75, 3.05) is 9.80 Å². The van der Waals surface area contributed by atoms with Gasteiger partial charge in [0.1, 0.15) is 0 Å². The Morgan fingerprint density at radius 3 is 1.11 bits per heavy atom. The normalized spacial score (nSPS) is 13.3. The molecule has 2 aliphatic heterocycles. The molecule has 0 spiro atoms. The summed E-state index contributed by atoms with van der Waals surface area (Å²) in [5.74, 6) is 0. The van der Waals surface area contributed by atoms with Gasteiger partial charge in [-0.25, -0.2) is 0 Å². The summed E-state index contributed by atoms with van der Waals surface area (Å²) in [6, 6.07) is 111. The van der Waals surface area contributed by atoms with Crippen molar-refractivity contribution in [1.29, 1.82) is 0 Å². The van der Waals surface area contributed by atoms with Gasteiger partial charge in [-0.15, -0.1) is 11.3 Å². The van der Waals surface area contributed by atoms with Crippen LogP contribution in [0, 0.1) is 0 Å². The molecule has 0 N–H and O–H groups in total. The average molecular weight is 1370 g/mol. The van der Waals surface area contributed by atoms with Gasteiger partial charge in [0.25, 0.3) is 6.71 Å². The maximum atomic E-state index is 11.9. The number of fused-ring (bicyclic) bond motifs is 11. The van der Waals surface area contributed by atoms with Gasteiger partial charge in [-0.1, -0.05) is 317 Å². The van der Waals surface area contributed by atoms with Gasteiger partial charge in [0, 0.05) is 70.6 Å². The summed E-state index contributed by atoms with van der Waals surface area (Å²) in [5.41, 5.74) is 24.6. The Balaban J connectivity index is 1.08. The summed E-state index contributed by atoms with van der Waals surface area (Å²) in [7, 11) is 0. The molecule has 3 nitrogen and oxygen atoms in total. The molecule has 504 valence electrons. The van der Waals surface area contributed by atoms with Crippen LogP contribution in [0.15, 0.2) is 321 Å². The molecule has 0 saturated carbocycles. The first kappa shape index (κ1) is 60.8. The summed E-state index contributed by atoms with van der Waals surface area (Å²) in [4.78, 5) is 5.10. The summed E-state index contributed by atoms with van der Waals surface area (Å²) in [6.07, 6.45) is 0. The second-order valence-corrected chi connectivity index (χ2v) is 32.8. The summed E-state index contributed by atoms with van der Waals surface area (Å²) >= 11 is 1.80. The Morgan fingerprint density at radius 1 is 0.314 bits per heavy atom. The molecule has 0 atom stereocenters. The van der Waals surface area contributed by atoms with Crippen LogP contribution in [-0.2, 0) is 16.2 Å². The van der Waals surface area contributed by atoms with E-state index in [9.17, 15) is 4.11 Å². The third-order valence-electron chi connectivity index (χ3n) is 22.1. The van der Waals surface area contributed by atoms with Crippen molar-refractivity contribution in [2.24, 2.45) is 0 Å². The molecular formula is C100H80BN3S.